The van der Waals surface area contributed by atoms with Gasteiger partial charge in [-0.3, -0.25) is 0 Å². The highest BCUT2D eigenvalue weighted by molar-refractivity contribution is 5.62. The fourth-order valence-electron chi connectivity index (χ4n) is 2.67. The molecule has 0 aliphatic rings. The van der Waals surface area contributed by atoms with Gasteiger partial charge in [-0.05, 0) is 61.9 Å². The maximum absolute atomic E-state index is 12.7. The van der Waals surface area contributed by atoms with E-state index in [0.717, 1.165) is 23.4 Å². The van der Waals surface area contributed by atoms with Crippen molar-refractivity contribution in [1.82, 2.24) is 9.97 Å². The first-order chi connectivity index (χ1) is 12.9. The molecule has 3 aromatic rings. The van der Waals surface area contributed by atoms with Crippen molar-refractivity contribution in [2.45, 2.75) is 20.0 Å². The summed E-state index contributed by atoms with van der Waals surface area (Å²) in [5, 5.41) is 3.02. The fourth-order valence-corrected chi connectivity index (χ4v) is 2.67. The fraction of sp³-hybridized carbons (Fsp3) is 0.200. The third-order valence-corrected chi connectivity index (χ3v) is 4.00. The summed E-state index contributed by atoms with van der Waals surface area (Å²) in [6.45, 7) is 4.69. The lowest BCUT2D eigenvalue weighted by molar-refractivity contribution is -0.137. The van der Waals surface area contributed by atoms with Crippen molar-refractivity contribution < 1.29 is 13.2 Å². The summed E-state index contributed by atoms with van der Waals surface area (Å²) in [6, 6.07) is 14.5. The van der Waals surface area contributed by atoms with Crippen LogP contribution in [0.15, 0.2) is 60.8 Å². The molecule has 1 heterocycles. The molecule has 0 fully saturated rings. The third kappa shape index (κ3) is 4.55. The van der Waals surface area contributed by atoms with Gasteiger partial charge in [-0.15, -0.1) is 0 Å². The van der Waals surface area contributed by atoms with Gasteiger partial charge in [-0.1, -0.05) is 12.1 Å². The molecular weight excluding hydrogens is 353 g/mol. The van der Waals surface area contributed by atoms with E-state index in [1.807, 2.05) is 43.0 Å². The summed E-state index contributed by atoms with van der Waals surface area (Å²) in [6.07, 6.45) is -2.73. The molecule has 0 amide bonds. The second kappa shape index (κ2) is 7.65. The number of aromatic nitrogens is 2. The Hall–Kier alpha value is -3.09. The van der Waals surface area contributed by atoms with Crippen molar-refractivity contribution in [1.29, 1.82) is 0 Å². The first kappa shape index (κ1) is 18.7. The van der Waals surface area contributed by atoms with Gasteiger partial charge in [0, 0.05) is 24.1 Å². The van der Waals surface area contributed by atoms with E-state index in [9.17, 15) is 13.2 Å². The molecule has 1 N–H and O–H groups in total. The van der Waals surface area contributed by atoms with Crippen molar-refractivity contribution in [3.8, 4) is 0 Å². The molecule has 140 valence electrons. The SMILES string of the molecule is CCN(c1cccc(C)c1)c1nccc(Nc2ccc(C(F)(F)F)cc2)n1. The molecule has 4 nitrogen and oxygen atoms in total. The van der Waals surface area contributed by atoms with Crippen LogP contribution in [0.4, 0.5) is 36.3 Å². The highest BCUT2D eigenvalue weighted by atomic mass is 19.4. The zero-order chi connectivity index (χ0) is 19.4. The Bertz CT molecular complexity index is 908. The molecule has 1 aromatic heterocycles. The molecule has 3 rings (SSSR count). The standard InChI is InChI=1S/C20H19F3N4/c1-3-27(17-6-4-5-14(2)13-17)19-24-12-11-18(26-19)25-16-9-7-15(8-10-16)20(21,22)23/h4-13H,3H2,1-2H3,(H,24,25,26). The molecule has 2 aromatic carbocycles. The molecule has 7 heteroatoms. The average Bonchev–Trinajstić information content (AvgIpc) is 2.62. The molecule has 0 spiro atoms. The predicted molar refractivity (Wildman–Crippen MR) is 101 cm³/mol. The number of hydrogen-bond acceptors (Lipinski definition) is 4. The van der Waals surface area contributed by atoms with E-state index in [4.69, 9.17) is 0 Å². The van der Waals surface area contributed by atoms with Crippen LogP contribution in [0.5, 0.6) is 0 Å². The average molecular weight is 372 g/mol. The molecule has 0 saturated carbocycles. The van der Waals surface area contributed by atoms with Crippen LogP contribution in [-0.4, -0.2) is 16.5 Å². The van der Waals surface area contributed by atoms with Gasteiger partial charge in [0.1, 0.15) is 5.82 Å². The van der Waals surface area contributed by atoms with Crippen molar-refractivity contribution in [2.24, 2.45) is 0 Å². The number of hydrogen-bond donors (Lipinski definition) is 1. The van der Waals surface area contributed by atoms with Gasteiger partial charge in [0.2, 0.25) is 5.95 Å². The zero-order valence-electron chi connectivity index (χ0n) is 15.0. The van der Waals surface area contributed by atoms with Crippen LogP contribution in [0.25, 0.3) is 0 Å². The molecule has 27 heavy (non-hydrogen) atoms. The van der Waals surface area contributed by atoms with Crippen LogP contribution in [0.2, 0.25) is 0 Å². The third-order valence-electron chi connectivity index (χ3n) is 4.00. The van der Waals surface area contributed by atoms with Crippen LogP contribution < -0.4 is 10.2 Å². The lowest BCUT2D eigenvalue weighted by Crippen LogP contribution is -2.19. The zero-order valence-corrected chi connectivity index (χ0v) is 15.0. The Balaban J connectivity index is 1.82. The van der Waals surface area contributed by atoms with Crippen LogP contribution in [-0.2, 0) is 6.18 Å². The van der Waals surface area contributed by atoms with E-state index in [0.29, 0.717) is 24.0 Å². The van der Waals surface area contributed by atoms with E-state index in [-0.39, 0.29) is 0 Å². The van der Waals surface area contributed by atoms with Crippen molar-refractivity contribution >= 4 is 23.1 Å². The minimum atomic E-state index is -4.35. The number of benzene rings is 2. The number of rotatable bonds is 5. The Labute approximate surface area is 155 Å². The molecule has 0 saturated heterocycles. The molecule has 0 aliphatic carbocycles. The normalized spacial score (nSPS) is 11.3. The minimum Gasteiger partial charge on any atom is -0.340 e. The van der Waals surface area contributed by atoms with E-state index < -0.39 is 11.7 Å². The number of aryl methyl sites for hydroxylation is 1. The van der Waals surface area contributed by atoms with Crippen molar-refractivity contribution in [3.05, 3.63) is 71.9 Å². The quantitative estimate of drug-likeness (QED) is 0.623. The van der Waals surface area contributed by atoms with Crippen molar-refractivity contribution in [2.75, 3.05) is 16.8 Å². The first-order valence-corrected chi connectivity index (χ1v) is 8.48. The summed E-state index contributed by atoms with van der Waals surface area (Å²) in [5.41, 5.74) is 1.94. The first-order valence-electron chi connectivity index (χ1n) is 8.48. The van der Waals surface area contributed by atoms with Crippen LogP contribution in [0, 0.1) is 6.92 Å². The topological polar surface area (TPSA) is 41.1 Å². The van der Waals surface area contributed by atoms with Crippen molar-refractivity contribution in [3.63, 3.8) is 0 Å². The maximum atomic E-state index is 12.7. The van der Waals surface area contributed by atoms with E-state index in [1.54, 1.807) is 12.3 Å². The molecular formula is C20H19F3N4. The Morgan fingerprint density at radius 1 is 1.04 bits per heavy atom. The predicted octanol–water partition coefficient (Wildman–Crippen LogP) is 5.71. The molecule has 0 bridgehead atoms. The Morgan fingerprint density at radius 3 is 2.41 bits per heavy atom. The van der Waals surface area contributed by atoms with Gasteiger partial charge in [0.05, 0.1) is 5.56 Å². The number of halogens is 3. The Kier molecular flexibility index (Phi) is 5.30. The highest BCUT2D eigenvalue weighted by Gasteiger charge is 2.29. The van der Waals surface area contributed by atoms with Crippen LogP contribution in [0.1, 0.15) is 18.1 Å². The van der Waals surface area contributed by atoms with Gasteiger partial charge >= 0.3 is 6.18 Å². The van der Waals surface area contributed by atoms with E-state index in [2.05, 4.69) is 15.3 Å². The summed E-state index contributed by atoms with van der Waals surface area (Å²) in [5.74, 6) is 1.02. The summed E-state index contributed by atoms with van der Waals surface area (Å²) < 4.78 is 38.0. The van der Waals surface area contributed by atoms with Gasteiger partial charge in [-0.25, -0.2) is 4.98 Å². The largest absolute Gasteiger partial charge is 0.416 e. The highest BCUT2D eigenvalue weighted by Crippen LogP contribution is 2.30. The van der Waals surface area contributed by atoms with Crippen LogP contribution in [0.3, 0.4) is 0 Å². The van der Waals surface area contributed by atoms with Gasteiger partial charge < -0.3 is 10.2 Å². The Morgan fingerprint density at radius 2 is 1.78 bits per heavy atom. The summed E-state index contributed by atoms with van der Waals surface area (Å²) >= 11 is 0. The van der Waals surface area contributed by atoms with E-state index >= 15 is 0 Å². The summed E-state index contributed by atoms with van der Waals surface area (Å²) in [4.78, 5) is 10.8. The molecule has 0 aliphatic heterocycles. The molecule has 0 unspecified atom stereocenters. The molecule has 0 radical (unpaired) electrons. The van der Waals surface area contributed by atoms with Gasteiger partial charge in [0.15, 0.2) is 0 Å². The van der Waals surface area contributed by atoms with Crippen LogP contribution >= 0.6 is 0 Å². The lowest BCUT2D eigenvalue weighted by atomic mass is 10.2. The maximum Gasteiger partial charge on any atom is 0.416 e. The minimum absolute atomic E-state index is 0.505. The monoisotopic (exact) mass is 372 g/mol. The molecule has 0 atom stereocenters. The lowest BCUT2D eigenvalue weighted by Gasteiger charge is -2.21. The number of nitrogens with one attached hydrogen (secondary N) is 1. The second-order valence-corrected chi connectivity index (χ2v) is 6.03. The number of anilines is 4. The van der Waals surface area contributed by atoms with Gasteiger partial charge in [0.25, 0.3) is 0 Å². The number of nitrogens with zero attached hydrogens (tertiary/aromatic N) is 3. The van der Waals surface area contributed by atoms with Gasteiger partial charge in [-0.2, -0.15) is 18.2 Å². The smallest absolute Gasteiger partial charge is 0.340 e. The number of alkyl halides is 3. The van der Waals surface area contributed by atoms with E-state index in [1.165, 1.54) is 12.1 Å². The summed E-state index contributed by atoms with van der Waals surface area (Å²) in [7, 11) is 0. The second-order valence-electron chi connectivity index (χ2n) is 6.03.